The molecule has 1 aliphatic carbocycles. The Labute approximate surface area is 57.3 Å². The Morgan fingerprint density at radius 1 is 1.67 bits per heavy atom. The second kappa shape index (κ2) is 2.89. The zero-order valence-corrected chi connectivity index (χ0v) is 6.28. The summed E-state index contributed by atoms with van der Waals surface area (Å²) in [7, 11) is 0. The minimum atomic E-state index is 0.896. The molecular formula is C9H14. The Morgan fingerprint density at radius 3 is 2.89 bits per heavy atom. The lowest BCUT2D eigenvalue weighted by Gasteiger charge is -1.75. The highest BCUT2D eigenvalue weighted by molar-refractivity contribution is 5.21. The smallest absolute Gasteiger partial charge is 0.00862 e. The van der Waals surface area contributed by atoms with E-state index in [0.29, 0.717) is 0 Å². The van der Waals surface area contributed by atoms with Crippen molar-refractivity contribution in [3.05, 3.63) is 17.4 Å². The highest BCUT2D eigenvalue weighted by atomic mass is 14.3. The molecule has 1 saturated carbocycles. The summed E-state index contributed by atoms with van der Waals surface area (Å²) < 4.78 is 0. The van der Waals surface area contributed by atoms with Gasteiger partial charge in [0.05, 0.1) is 0 Å². The van der Waals surface area contributed by atoms with E-state index in [1.165, 1.54) is 12.8 Å². The summed E-state index contributed by atoms with van der Waals surface area (Å²) in [6.07, 6.45) is 5.87. The molecular weight excluding hydrogens is 108 g/mol. The number of allylic oxidation sites excluding steroid dienone is 1. The van der Waals surface area contributed by atoms with Crippen molar-refractivity contribution < 1.29 is 0 Å². The van der Waals surface area contributed by atoms with Gasteiger partial charge in [-0.3, -0.25) is 0 Å². The summed E-state index contributed by atoms with van der Waals surface area (Å²) in [5.41, 5.74) is 4.84. The lowest BCUT2D eigenvalue weighted by atomic mass is 10.3. The van der Waals surface area contributed by atoms with Crippen LogP contribution in [0.3, 0.4) is 0 Å². The van der Waals surface area contributed by atoms with Crippen LogP contribution < -0.4 is 0 Å². The Bertz CT molecular complexity index is 147. The summed E-state index contributed by atoms with van der Waals surface area (Å²) in [5.74, 6) is 0.896. The lowest BCUT2D eigenvalue weighted by molar-refractivity contribution is 0.826. The number of rotatable bonds is 2. The van der Waals surface area contributed by atoms with Crippen LogP contribution in [0.4, 0.5) is 0 Å². The summed E-state index contributed by atoms with van der Waals surface area (Å²) in [4.78, 5) is 0. The van der Waals surface area contributed by atoms with Crippen LogP contribution in [0.1, 0.15) is 33.1 Å². The van der Waals surface area contributed by atoms with Crippen molar-refractivity contribution >= 4 is 0 Å². The van der Waals surface area contributed by atoms with Crippen molar-refractivity contribution in [2.24, 2.45) is 5.92 Å². The standard InChI is InChI=1S/C9H14/c1-3-5-6-9-7-8(9)4-2/h5,8H,3-4,7H2,1-2H3. The number of hydrogen-bond donors (Lipinski definition) is 0. The third-order valence-corrected chi connectivity index (χ3v) is 1.78. The van der Waals surface area contributed by atoms with E-state index in [-0.39, 0.29) is 0 Å². The van der Waals surface area contributed by atoms with Crippen molar-refractivity contribution in [2.75, 3.05) is 0 Å². The van der Waals surface area contributed by atoms with Crippen molar-refractivity contribution in [2.45, 2.75) is 33.1 Å². The first-order valence-electron chi connectivity index (χ1n) is 3.82. The highest BCUT2D eigenvalue weighted by Crippen LogP contribution is 2.38. The summed E-state index contributed by atoms with van der Waals surface area (Å²) >= 11 is 0. The second-order valence-corrected chi connectivity index (χ2v) is 2.59. The third-order valence-electron chi connectivity index (χ3n) is 1.78. The van der Waals surface area contributed by atoms with E-state index in [9.17, 15) is 0 Å². The minimum Gasteiger partial charge on any atom is -0.126 e. The van der Waals surface area contributed by atoms with Crippen LogP contribution in [-0.2, 0) is 0 Å². The molecule has 0 radical (unpaired) electrons. The quantitative estimate of drug-likeness (QED) is 0.494. The molecule has 0 saturated heterocycles. The average molecular weight is 122 g/mol. The van der Waals surface area contributed by atoms with Gasteiger partial charge in [-0.05, 0) is 36.8 Å². The average Bonchev–Trinajstić information content (AvgIpc) is 2.62. The van der Waals surface area contributed by atoms with Crippen molar-refractivity contribution in [3.63, 3.8) is 0 Å². The van der Waals surface area contributed by atoms with E-state index in [1.54, 1.807) is 5.57 Å². The predicted molar refractivity (Wildman–Crippen MR) is 40.3 cm³/mol. The fourth-order valence-electron chi connectivity index (χ4n) is 1.01. The van der Waals surface area contributed by atoms with Crippen LogP contribution >= 0.6 is 0 Å². The van der Waals surface area contributed by atoms with E-state index in [1.807, 2.05) is 0 Å². The van der Waals surface area contributed by atoms with E-state index < -0.39 is 0 Å². The maximum Gasteiger partial charge on any atom is -0.00862 e. The molecule has 0 spiro atoms. The Hall–Kier alpha value is -0.480. The molecule has 0 aromatic rings. The van der Waals surface area contributed by atoms with Crippen LogP contribution in [0.25, 0.3) is 0 Å². The SMILES string of the molecule is CCC=C=C1CC1CC. The van der Waals surface area contributed by atoms with Gasteiger partial charge in [-0.1, -0.05) is 13.8 Å². The Balaban J connectivity index is 2.39. The normalized spacial score (nSPS) is 23.3. The zero-order chi connectivity index (χ0) is 6.69. The molecule has 0 bridgehead atoms. The first-order valence-corrected chi connectivity index (χ1v) is 3.82. The van der Waals surface area contributed by atoms with Gasteiger partial charge in [-0.25, -0.2) is 0 Å². The van der Waals surface area contributed by atoms with Crippen LogP contribution in [0.2, 0.25) is 0 Å². The fraction of sp³-hybridized carbons (Fsp3) is 0.667. The maximum absolute atomic E-state index is 3.30. The molecule has 0 aromatic carbocycles. The van der Waals surface area contributed by atoms with Crippen LogP contribution in [0.15, 0.2) is 17.4 Å². The van der Waals surface area contributed by atoms with Gasteiger partial charge in [-0.2, -0.15) is 0 Å². The molecule has 0 N–H and O–H groups in total. The monoisotopic (exact) mass is 122 g/mol. The van der Waals surface area contributed by atoms with Gasteiger partial charge < -0.3 is 0 Å². The van der Waals surface area contributed by atoms with Crippen molar-refractivity contribution in [1.29, 1.82) is 0 Å². The summed E-state index contributed by atoms with van der Waals surface area (Å²) in [6, 6.07) is 0. The molecule has 0 aliphatic heterocycles. The van der Waals surface area contributed by atoms with Crippen LogP contribution in [0, 0.1) is 5.92 Å². The Kier molecular flexibility index (Phi) is 2.13. The van der Waals surface area contributed by atoms with Gasteiger partial charge in [-0.15, -0.1) is 5.73 Å². The maximum atomic E-state index is 3.30. The van der Waals surface area contributed by atoms with Gasteiger partial charge in [0, 0.05) is 0 Å². The van der Waals surface area contributed by atoms with Crippen molar-refractivity contribution in [1.82, 2.24) is 0 Å². The molecule has 1 aliphatic rings. The topological polar surface area (TPSA) is 0 Å². The van der Waals surface area contributed by atoms with Gasteiger partial charge in [0.15, 0.2) is 0 Å². The largest absolute Gasteiger partial charge is 0.126 e. The van der Waals surface area contributed by atoms with Gasteiger partial charge in [0.2, 0.25) is 0 Å². The van der Waals surface area contributed by atoms with E-state index >= 15 is 0 Å². The van der Waals surface area contributed by atoms with E-state index in [2.05, 4.69) is 25.7 Å². The molecule has 0 nitrogen and oxygen atoms in total. The molecule has 50 valence electrons. The molecule has 0 aromatic heterocycles. The lowest BCUT2D eigenvalue weighted by Crippen LogP contribution is -1.63. The first kappa shape index (κ1) is 6.64. The summed E-state index contributed by atoms with van der Waals surface area (Å²) in [6.45, 7) is 4.39. The molecule has 1 atom stereocenters. The third kappa shape index (κ3) is 1.73. The van der Waals surface area contributed by atoms with Gasteiger partial charge >= 0.3 is 0 Å². The summed E-state index contributed by atoms with van der Waals surface area (Å²) in [5, 5.41) is 0. The molecule has 0 heterocycles. The predicted octanol–water partition coefficient (Wildman–Crippen LogP) is 2.91. The molecule has 1 rings (SSSR count). The highest BCUT2D eigenvalue weighted by Gasteiger charge is 2.26. The minimum absolute atomic E-state index is 0.896. The Morgan fingerprint density at radius 2 is 2.44 bits per heavy atom. The van der Waals surface area contributed by atoms with E-state index in [4.69, 9.17) is 0 Å². The second-order valence-electron chi connectivity index (χ2n) is 2.59. The zero-order valence-electron chi connectivity index (χ0n) is 6.28. The number of hydrogen-bond acceptors (Lipinski definition) is 0. The molecule has 0 amide bonds. The van der Waals surface area contributed by atoms with Crippen molar-refractivity contribution in [3.8, 4) is 0 Å². The molecule has 1 fully saturated rings. The molecule has 9 heavy (non-hydrogen) atoms. The van der Waals surface area contributed by atoms with E-state index in [0.717, 1.165) is 12.3 Å². The first-order chi connectivity index (χ1) is 4.38. The van der Waals surface area contributed by atoms with Gasteiger partial charge in [0.1, 0.15) is 0 Å². The van der Waals surface area contributed by atoms with Crippen LogP contribution in [0.5, 0.6) is 0 Å². The fourth-order valence-corrected chi connectivity index (χ4v) is 1.01. The van der Waals surface area contributed by atoms with Gasteiger partial charge in [0.25, 0.3) is 0 Å². The molecule has 0 heteroatoms. The molecule has 1 unspecified atom stereocenters. The van der Waals surface area contributed by atoms with Crippen LogP contribution in [-0.4, -0.2) is 0 Å².